The molecule has 1 heterocycles. The summed E-state index contributed by atoms with van der Waals surface area (Å²) >= 11 is 0. The summed E-state index contributed by atoms with van der Waals surface area (Å²) in [4.78, 5) is 25.9. The first-order chi connectivity index (χ1) is 21.4. The van der Waals surface area contributed by atoms with Gasteiger partial charge < -0.3 is 18.6 Å². The van der Waals surface area contributed by atoms with Crippen LogP contribution in [0.2, 0.25) is 5.04 Å². The monoisotopic (exact) mass is 628 g/mol. The predicted molar refractivity (Wildman–Crippen MR) is 181 cm³/mol. The fraction of sp³-hybridized carbons (Fsp3) is 0.421. The van der Waals surface area contributed by atoms with E-state index in [-0.39, 0.29) is 29.5 Å². The van der Waals surface area contributed by atoms with Crippen LogP contribution in [0.3, 0.4) is 0 Å². The number of ketones is 1. The van der Waals surface area contributed by atoms with Gasteiger partial charge in [-0.3, -0.25) is 4.79 Å². The van der Waals surface area contributed by atoms with Crippen molar-refractivity contribution in [2.24, 2.45) is 5.41 Å². The lowest BCUT2D eigenvalue weighted by atomic mass is 9.84. The minimum atomic E-state index is -2.80. The van der Waals surface area contributed by atoms with Crippen LogP contribution in [0.1, 0.15) is 59.4 Å². The molecule has 3 aromatic rings. The first-order valence-electron chi connectivity index (χ1n) is 15.8. The van der Waals surface area contributed by atoms with Crippen LogP contribution in [0.25, 0.3) is 0 Å². The lowest BCUT2D eigenvalue weighted by Gasteiger charge is -2.44. The second-order valence-electron chi connectivity index (χ2n) is 13.6. The van der Waals surface area contributed by atoms with Crippen LogP contribution in [-0.2, 0) is 34.8 Å². The largest absolute Gasteiger partial charge is 0.466 e. The maximum Gasteiger partial charge on any atom is 0.330 e. The van der Waals surface area contributed by atoms with Crippen molar-refractivity contribution in [3.63, 3.8) is 0 Å². The van der Waals surface area contributed by atoms with Crippen LogP contribution in [0.5, 0.6) is 0 Å². The molecule has 4 rings (SSSR count). The minimum absolute atomic E-state index is 0.0616. The molecule has 0 N–H and O–H groups in total. The summed E-state index contributed by atoms with van der Waals surface area (Å²) in [6.45, 7) is 11.6. The smallest absolute Gasteiger partial charge is 0.330 e. The number of benzene rings is 3. The molecule has 0 amide bonds. The molecule has 240 valence electrons. The van der Waals surface area contributed by atoms with Crippen molar-refractivity contribution in [2.45, 2.75) is 77.7 Å². The van der Waals surface area contributed by atoms with Gasteiger partial charge in [-0.2, -0.15) is 0 Å². The second-order valence-corrected chi connectivity index (χ2v) is 17.9. The maximum atomic E-state index is 13.6. The van der Waals surface area contributed by atoms with Crippen molar-refractivity contribution in [3.05, 3.63) is 108 Å². The highest BCUT2D eigenvalue weighted by atomic mass is 28.4. The van der Waals surface area contributed by atoms with Crippen LogP contribution >= 0.6 is 0 Å². The Balaban J connectivity index is 1.53. The molecule has 7 heteroatoms. The molecular formula is C38H48O6Si. The molecule has 1 aliphatic rings. The van der Waals surface area contributed by atoms with E-state index in [0.717, 1.165) is 11.1 Å². The van der Waals surface area contributed by atoms with E-state index in [1.54, 1.807) is 6.08 Å². The summed E-state index contributed by atoms with van der Waals surface area (Å²) in [6.07, 6.45) is 2.06. The van der Waals surface area contributed by atoms with Crippen molar-refractivity contribution in [1.82, 2.24) is 0 Å². The zero-order valence-corrected chi connectivity index (χ0v) is 28.6. The molecule has 3 aromatic carbocycles. The molecule has 45 heavy (non-hydrogen) atoms. The van der Waals surface area contributed by atoms with Crippen molar-refractivity contribution < 1.29 is 28.2 Å². The van der Waals surface area contributed by atoms with Gasteiger partial charge in [0.15, 0.2) is 0 Å². The number of carbonyl (C=O) groups excluding carboxylic acids is 2. The fourth-order valence-corrected chi connectivity index (χ4v) is 10.7. The summed E-state index contributed by atoms with van der Waals surface area (Å²) in [7, 11) is -1.42. The molecule has 1 saturated heterocycles. The van der Waals surface area contributed by atoms with E-state index in [0.29, 0.717) is 32.7 Å². The average molecular weight is 629 g/mol. The van der Waals surface area contributed by atoms with Crippen LogP contribution < -0.4 is 10.4 Å². The van der Waals surface area contributed by atoms with Crippen LogP contribution in [0, 0.1) is 5.41 Å². The van der Waals surface area contributed by atoms with Gasteiger partial charge in [-0.15, -0.1) is 0 Å². The third kappa shape index (κ3) is 8.88. The van der Waals surface area contributed by atoms with Gasteiger partial charge in [-0.25, -0.2) is 4.79 Å². The molecule has 2 atom stereocenters. The van der Waals surface area contributed by atoms with Crippen LogP contribution in [0.15, 0.2) is 103 Å². The molecule has 0 bridgehead atoms. The molecule has 0 unspecified atom stereocenters. The van der Waals surface area contributed by atoms with Crippen molar-refractivity contribution in [2.75, 3.05) is 20.3 Å². The highest BCUT2D eigenvalue weighted by molar-refractivity contribution is 6.99. The Bertz CT molecular complexity index is 1370. The number of Topliss-reactive ketones (excluding diaryl/α,β-unsaturated/α-hetero) is 1. The number of carbonyl (C=O) groups is 2. The fourth-order valence-electron chi connectivity index (χ4n) is 6.14. The Morgan fingerprint density at radius 2 is 1.36 bits per heavy atom. The van der Waals surface area contributed by atoms with Gasteiger partial charge >= 0.3 is 5.97 Å². The van der Waals surface area contributed by atoms with Gasteiger partial charge in [0, 0.05) is 17.9 Å². The number of methoxy groups -OCH3 is 1. The van der Waals surface area contributed by atoms with E-state index in [1.807, 2.05) is 56.3 Å². The second kappa shape index (κ2) is 15.3. The van der Waals surface area contributed by atoms with Crippen LogP contribution in [-0.4, -0.2) is 52.6 Å². The first kappa shape index (κ1) is 34.5. The Labute approximate surface area is 269 Å². The summed E-state index contributed by atoms with van der Waals surface area (Å²) in [6, 6.07) is 30.9. The van der Waals surface area contributed by atoms with Gasteiger partial charge in [0.05, 0.1) is 39.1 Å². The van der Waals surface area contributed by atoms with Crippen molar-refractivity contribution >= 4 is 30.4 Å². The number of hydrogen-bond acceptors (Lipinski definition) is 6. The minimum Gasteiger partial charge on any atom is -0.466 e. The molecule has 0 radical (unpaired) electrons. The summed E-state index contributed by atoms with van der Waals surface area (Å²) in [5.41, 5.74) is 1.28. The van der Waals surface area contributed by atoms with Gasteiger partial charge in [-0.1, -0.05) is 131 Å². The average Bonchev–Trinajstić information content (AvgIpc) is 3.02. The standard InChI is InChI=1S/C38H48O6Si/c1-37(2,3)45(33-18-12-8-13-19-33,34-20-14-9-15-21-34)43-27-32-23-30(24-36(40)41-6)22-31(44-32)25-35(39)38(4,5)28-42-26-29-16-10-7-11-17-29/h7-21,24,31-32H,22-23,25-28H2,1-6H3/b30-24-/t31-,32+/m0/s1. The van der Waals surface area contributed by atoms with Crippen molar-refractivity contribution in [1.29, 1.82) is 0 Å². The highest BCUT2D eigenvalue weighted by Gasteiger charge is 2.50. The Morgan fingerprint density at radius 1 is 0.822 bits per heavy atom. The van der Waals surface area contributed by atoms with E-state index in [9.17, 15) is 9.59 Å². The molecule has 0 aliphatic carbocycles. The van der Waals surface area contributed by atoms with Gasteiger partial charge in [0.2, 0.25) is 0 Å². The summed E-state index contributed by atoms with van der Waals surface area (Å²) in [5.74, 6) is -0.343. The van der Waals surface area contributed by atoms with E-state index in [4.69, 9.17) is 18.6 Å². The van der Waals surface area contributed by atoms with Gasteiger partial charge in [0.1, 0.15) is 5.78 Å². The number of ether oxygens (including phenoxy) is 3. The lowest BCUT2D eigenvalue weighted by Crippen LogP contribution is -2.67. The third-order valence-electron chi connectivity index (χ3n) is 8.53. The predicted octanol–water partition coefficient (Wildman–Crippen LogP) is 6.41. The van der Waals surface area contributed by atoms with Crippen LogP contribution in [0.4, 0.5) is 0 Å². The van der Waals surface area contributed by atoms with Gasteiger partial charge in [-0.05, 0) is 33.8 Å². The normalized spacial score (nSPS) is 18.5. The molecule has 6 nitrogen and oxygen atoms in total. The molecule has 1 aliphatic heterocycles. The number of esters is 1. The topological polar surface area (TPSA) is 71.1 Å². The molecule has 0 saturated carbocycles. The molecule has 0 aromatic heterocycles. The Kier molecular flexibility index (Phi) is 11.7. The first-order valence-corrected chi connectivity index (χ1v) is 17.7. The summed E-state index contributed by atoms with van der Waals surface area (Å²) in [5, 5.41) is 2.19. The Morgan fingerprint density at radius 3 is 1.89 bits per heavy atom. The number of rotatable bonds is 13. The quantitative estimate of drug-likeness (QED) is 0.124. The zero-order valence-electron chi connectivity index (χ0n) is 27.6. The Hall–Kier alpha value is -3.36. The zero-order chi connectivity index (χ0) is 32.5. The van der Waals surface area contributed by atoms with Gasteiger partial charge in [0.25, 0.3) is 8.32 Å². The van der Waals surface area contributed by atoms with E-state index >= 15 is 0 Å². The molecule has 0 spiro atoms. The third-order valence-corrected chi connectivity index (χ3v) is 13.5. The number of hydrogen-bond donors (Lipinski definition) is 0. The maximum absolute atomic E-state index is 13.6. The van der Waals surface area contributed by atoms with E-state index in [1.165, 1.54) is 17.5 Å². The molecular weight excluding hydrogens is 580 g/mol. The summed E-state index contributed by atoms with van der Waals surface area (Å²) < 4.78 is 24.7. The lowest BCUT2D eigenvalue weighted by molar-refractivity contribution is -0.136. The van der Waals surface area contributed by atoms with E-state index in [2.05, 4.69) is 69.3 Å². The van der Waals surface area contributed by atoms with E-state index < -0.39 is 19.7 Å². The SMILES string of the molecule is COC(=O)/C=C1/C[C@@H](CC(=O)C(C)(C)COCc2ccccc2)O[C@@H](CO[Si](c2ccccc2)(c2ccccc2)C(C)(C)C)C1. The molecule has 1 fully saturated rings. The highest BCUT2D eigenvalue weighted by Crippen LogP contribution is 2.38. The van der Waals surface area contributed by atoms with Crippen molar-refractivity contribution in [3.8, 4) is 0 Å².